The highest BCUT2D eigenvalue weighted by molar-refractivity contribution is 5.92. The van der Waals surface area contributed by atoms with Gasteiger partial charge in [-0.3, -0.25) is 28.8 Å². The van der Waals surface area contributed by atoms with Crippen LogP contribution >= 0.6 is 0 Å². The number of carbonyl (C=O) groups is 7. The van der Waals surface area contributed by atoms with Gasteiger partial charge < -0.3 is 38.1 Å². The highest BCUT2D eigenvalue weighted by atomic mass is 16.6. The molecule has 0 radical (unpaired) electrons. The van der Waals surface area contributed by atoms with E-state index < -0.39 is 42.3 Å². The molecule has 69 heavy (non-hydrogen) atoms. The van der Waals surface area contributed by atoms with Gasteiger partial charge in [-0.05, 0) is 111 Å². The monoisotopic (exact) mass is 984 g/mol. The quantitative estimate of drug-likeness (QED) is 0.0318. The number of hydrogen-bond donors (Lipinski definition) is 0. The first-order chi connectivity index (χ1) is 33.4. The summed E-state index contributed by atoms with van der Waals surface area (Å²) in [6.07, 6.45) is 23.1. The molecule has 0 unspecified atom stereocenters. The molecule has 0 N–H and O–H groups in total. The highest BCUT2D eigenvalue weighted by Crippen LogP contribution is 2.27. The van der Waals surface area contributed by atoms with Crippen LogP contribution in [0, 0.1) is 0 Å². The number of carbonyl (C=O) groups excluding carboxylic acids is 7. The highest BCUT2D eigenvalue weighted by Gasteiger charge is 2.49. The van der Waals surface area contributed by atoms with Gasteiger partial charge in [0.15, 0.2) is 0 Å². The van der Waals surface area contributed by atoms with Crippen LogP contribution in [0.4, 0.5) is 0 Å². The van der Waals surface area contributed by atoms with Crippen LogP contribution in [0.1, 0.15) is 239 Å². The third-order valence-electron chi connectivity index (χ3n) is 11.6. The van der Waals surface area contributed by atoms with Crippen LogP contribution < -0.4 is 0 Å². The number of ether oxygens (including phenoxy) is 7. The minimum absolute atomic E-state index is 0.00161. The van der Waals surface area contributed by atoms with Crippen molar-refractivity contribution in [3.05, 3.63) is 0 Å². The number of rotatable bonds is 49. The molecule has 0 fully saturated rings. The Bertz CT molecular complexity index is 1280. The molecular formula is C54H97NO14. The second kappa shape index (κ2) is 46.6. The predicted molar refractivity (Wildman–Crippen MR) is 267 cm³/mol. The molecule has 0 rings (SSSR count). The first-order valence-corrected chi connectivity index (χ1v) is 27.2. The maximum absolute atomic E-state index is 14.1. The number of nitrogens with zero attached hydrogens (tertiary/aromatic N) is 1. The van der Waals surface area contributed by atoms with Crippen molar-refractivity contribution in [2.75, 3.05) is 60.3 Å². The molecule has 402 valence electrons. The number of unbranched alkanes of at least 4 members (excludes halogenated alkanes) is 21. The van der Waals surface area contributed by atoms with Crippen LogP contribution in [0.2, 0.25) is 0 Å². The van der Waals surface area contributed by atoms with Crippen molar-refractivity contribution in [1.29, 1.82) is 0 Å². The first-order valence-electron chi connectivity index (χ1n) is 27.2. The molecule has 0 bridgehead atoms. The number of esters is 7. The van der Waals surface area contributed by atoms with Crippen LogP contribution in [0.15, 0.2) is 0 Å². The standard InChI is InChI=1S/C54H97NO14/c1-6-9-12-15-23-34-47(56)63-39-28-20-31-42-66-51(60)45-54(69-50(59)37-26-18-19-27-38-55(4)5,53(62)68-44-33-22-30-41-65-49(58)36-25-17-14-11-8-3)46-52(61)67-43-32-21-29-40-64-48(57)35-24-16-13-10-7-2/h6-46H2,1-5H3. The van der Waals surface area contributed by atoms with Gasteiger partial charge in [0.05, 0.1) is 52.5 Å². The third kappa shape index (κ3) is 41.7. The average Bonchev–Trinajstić information content (AvgIpc) is 3.31. The summed E-state index contributed by atoms with van der Waals surface area (Å²) in [5.74, 6) is -4.18. The van der Waals surface area contributed by atoms with Gasteiger partial charge in [-0.2, -0.15) is 0 Å². The summed E-state index contributed by atoms with van der Waals surface area (Å²) in [7, 11) is 3.99. The Morgan fingerprint density at radius 1 is 0.319 bits per heavy atom. The molecular weight excluding hydrogens is 887 g/mol. The van der Waals surface area contributed by atoms with Gasteiger partial charge in [0.1, 0.15) is 0 Å². The van der Waals surface area contributed by atoms with Crippen LogP contribution in [0.5, 0.6) is 0 Å². The van der Waals surface area contributed by atoms with Gasteiger partial charge in [-0.15, -0.1) is 0 Å². The fourth-order valence-corrected chi connectivity index (χ4v) is 7.41. The molecule has 0 saturated heterocycles. The zero-order chi connectivity index (χ0) is 51.1. The lowest BCUT2D eigenvalue weighted by Gasteiger charge is -2.30. The molecule has 0 spiro atoms. The maximum atomic E-state index is 14.1. The second-order valence-electron chi connectivity index (χ2n) is 18.7. The molecule has 0 aromatic rings. The predicted octanol–water partition coefficient (Wildman–Crippen LogP) is 11.4. The minimum Gasteiger partial charge on any atom is -0.466 e. The fourth-order valence-electron chi connectivity index (χ4n) is 7.41. The summed E-state index contributed by atoms with van der Waals surface area (Å²) in [5.41, 5.74) is -2.34. The molecule has 0 aliphatic carbocycles. The van der Waals surface area contributed by atoms with E-state index in [1.54, 1.807) is 0 Å². The summed E-state index contributed by atoms with van der Waals surface area (Å²) in [5, 5.41) is 0. The Labute approximate surface area is 417 Å². The van der Waals surface area contributed by atoms with Gasteiger partial charge in [0.25, 0.3) is 0 Å². The summed E-state index contributed by atoms with van der Waals surface area (Å²) in [4.78, 5) is 92.7. The van der Waals surface area contributed by atoms with Gasteiger partial charge in [0.2, 0.25) is 5.60 Å². The van der Waals surface area contributed by atoms with E-state index in [-0.39, 0.29) is 64.0 Å². The van der Waals surface area contributed by atoms with E-state index in [9.17, 15) is 33.6 Å². The smallest absolute Gasteiger partial charge is 0.351 e. The van der Waals surface area contributed by atoms with Crippen molar-refractivity contribution >= 4 is 41.8 Å². The van der Waals surface area contributed by atoms with Gasteiger partial charge in [0, 0.05) is 25.7 Å². The Kier molecular flexibility index (Phi) is 44.1. The zero-order valence-electron chi connectivity index (χ0n) is 44.2. The largest absolute Gasteiger partial charge is 0.466 e. The summed E-state index contributed by atoms with van der Waals surface area (Å²) in [6.45, 7) is 8.01. The lowest BCUT2D eigenvalue weighted by molar-refractivity contribution is -0.191. The third-order valence-corrected chi connectivity index (χ3v) is 11.6. The fraction of sp³-hybridized carbons (Fsp3) is 0.870. The lowest BCUT2D eigenvalue weighted by atomic mass is 9.94. The molecule has 15 heteroatoms. The van der Waals surface area contributed by atoms with Gasteiger partial charge in [-0.25, -0.2) is 4.79 Å². The molecule has 0 aromatic carbocycles. The minimum atomic E-state index is -2.34. The van der Waals surface area contributed by atoms with Crippen LogP contribution in [-0.4, -0.2) is 113 Å². The van der Waals surface area contributed by atoms with Crippen LogP contribution in [-0.2, 0) is 66.7 Å². The summed E-state index contributed by atoms with van der Waals surface area (Å²) >= 11 is 0. The van der Waals surface area contributed by atoms with Gasteiger partial charge in [-0.1, -0.05) is 111 Å². The summed E-state index contributed by atoms with van der Waals surface area (Å²) in [6, 6.07) is 0. The van der Waals surface area contributed by atoms with Crippen molar-refractivity contribution in [3.63, 3.8) is 0 Å². The van der Waals surface area contributed by atoms with Crippen LogP contribution in [0.25, 0.3) is 0 Å². The Morgan fingerprint density at radius 2 is 0.594 bits per heavy atom. The second-order valence-corrected chi connectivity index (χ2v) is 18.7. The Hall–Kier alpha value is -3.75. The van der Waals surface area contributed by atoms with Crippen molar-refractivity contribution < 1.29 is 66.7 Å². The zero-order valence-corrected chi connectivity index (χ0v) is 44.2. The number of hydrogen-bond acceptors (Lipinski definition) is 15. The van der Waals surface area contributed by atoms with Crippen molar-refractivity contribution in [1.82, 2.24) is 4.90 Å². The molecule has 0 saturated carbocycles. The van der Waals surface area contributed by atoms with E-state index in [2.05, 4.69) is 25.7 Å². The van der Waals surface area contributed by atoms with E-state index in [0.717, 1.165) is 122 Å². The lowest BCUT2D eigenvalue weighted by Crippen LogP contribution is -2.48. The molecule has 0 atom stereocenters. The van der Waals surface area contributed by atoms with Crippen molar-refractivity contribution in [2.24, 2.45) is 0 Å². The van der Waals surface area contributed by atoms with E-state index in [4.69, 9.17) is 33.2 Å². The normalized spacial score (nSPS) is 11.3. The maximum Gasteiger partial charge on any atom is 0.351 e. The molecule has 0 aromatic heterocycles. The first kappa shape index (κ1) is 65.2. The van der Waals surface area contributed by atoms with Crippen molar-refractivity contribution in [3.8, 4) is 0 Å². The Morgan fingerprint density at radius 3 is 0.928 bits per heavy atom. The average molecular weight is 984 g/mol. The summed E-state index contributed by atoms with van der Waals surface area (Å²) < 4.78 is 38.5. The molecule has 0 heterocycles. The van der Waals surface area contributed by atoms with Crippen LogP contribution in [0.3, 0.4) is 0 Å². The van der Waals surface area contributed by atoms with E-state index in [0.29, 0.717) is 83.5 Å². The van der Waals surface area contributed by atoms with E-state index in [1.165, 1.54) is 0 Å². The van der Waals surface area contributed by atoms with Gasteiger partial charge >= 0.3 is 41.8 Å². The SMILES string of the molecule is CCCCCCCC(=O)OCCCCCOC(=O)CC(CC(=O)OCCCCCOC(=O)CCCCCCC)(OC(=O)CCCCCCN(C)C)C(=O)OCCCCCOC(=O)CCCCCCC. The topological polar surface area (TPSA) is 187 Å². The van der Waals surface area contributed by atoms with E-state index in [1.807, 2.05) is 14.1 Å². The Balaban J connectivity index is 5.60. The molecule has 15 nitrogen and oxygen atoms in total. The van der Waals surface area contributed by atoms with Crippen molar-refractivity contribution in [2.45, 2.75) is 245 Å². The van der Waals surface area contributed by atoms with E-state index >= 15 is 0 Å². The molecule has 0 aliphatic rings. The molecule has 0 amide bonds. The molecule has 0 aliphatic heterocycles.